The Morgan fingerprint density at radius 2 is 1.90 bits per heavy atom. The Bertz CT molecular complexity index is 489. The highest BCUT2D eigenvalue weighted by atomic mass is 16.3. The Balaban J connectivity index is 2.23. The van der Waals surface area contributed by atoms with Crippen molar-refractivity contribution in [3.63, 3.8) is 0 Å². The summed E-state index contributed by atoms with van der Waals surface area (Å²) in [5, 5.41) is 9.39. The summed E-state index contributed by atoms with van der Waals surface area (Å²) in [5.41, 5.74) is 6.85. The van der Waals surface area contributed by atoms with Crippen LogP contribution >= 0.6 is 0 Å². The molecule has 0 aromatic carbocycles. The molecule has 1 saturated carbocycles. The number of hydrogen-bond donors (Lipinski definition) is 2. The van der Waals surface area contributed by atoms with Gasteiger partial charge in [0.15, 0.2) is 0 Å². The highest BCUT2D eigenvalue weighted by molar-refractivity contribution is 5.56. The first-order chi connectivity index (χ1) is 9.18. The third-order valence-corrected chi connectivity index (χ3v) is 3.93. The van der Waals surface area contributed by atoms with Crippen molar-refractivity contribution in [2.75, 3.05) is 24.2 Å². The lowest BCUT2D eigenvalue weighted by molar-refractivity contribution is 0.0464. The fraction of sp³-hybridized carbons (Fsp3) is 0.733. The molecule has 1 fully saturated rings. The van der Waals surface area contributed by atoms with Crippen molar-refractivity contribution in [3.8, 4) is 0 Å². The zero-order valence-corrected chi connectivity index (χ0v) is 13.1. The fourth-order valence-corrected chi connectivity index (χ4v) is 2.55. The van der Waals surface area contributed by atoms with Crippen LogP contribution in [0.15, 0.2) is 0 Å². The predicted molar refractivity (Wildman–Crippen MR) is 81.9 cm³/mol. The first-order valence-corrected chi connectivity index (χ1v) is 7.22. The van der Waals surface area contributed by atoms with E-state index in [-0.39, 0.29) is 11.5 Å². The lowest BCUT2D eigenvalue weighted by atomic mass is 9.82. The first-order valence-electron chi connectivity index (χ1n) is 7.22. The van der Waals surface area contributed by atoms with Gasteiger partial charge in [0.2, 0.25) is 0 Å². The molecule has 5 nitrogen and oxygen atoms in total. The normalized spacial score (nSPS) is 22.5. The van der Waals surface area contributed by atoms with Gasteiger partial charge in [-0.25, -0.2) is 9.97 Å². The van der Waals surface area contributed by atoms with Crippen LogP contribution in [0.4, 0.5) is 11.6 Å². The van der Waals surface area contributed by atoms with Crippen molar-refractivity contribution in [1.29, 1.82) is 0 Å². The van der Waals surface area contributed by atoms with Crippen LogP contribution in [0.25, 0.3) is 0 Å². The molecule has 0 saturated heterocycles. The summed E-state index contributed by atoms with van der Waals surface area (Å²) in [6.07, 6.45) is 1.65. The van der Waals surface area contributed by atoms with Gasteiger partial charge >= 0.3 is 0 Å². The molecule has 5 heteroatoms. The van der Waals surface area contributed by atoms with E-state index in [2.05, 4.69) is 30.7 Å². The molecule has 1 aliphatic rings. The van der Waals surface area contributed by atoms with Gasteiger partial charge < -0.3 is 15.7 Å². The van der Waals surface area contributed by atoms with Crippen molar-refractivity contribution < 1.29 is 5.11 Å². The Labute approximate surface area is 121 Å². The molecule has 0 unspecified atom stereocenters. The lowest BCUT2D eigenvalue weighted by Gasteiger charge is -2.35. The summed E-state index contributed by atoms with van der Waals surface area (Å²) >= 11 is 0. The van der Waals surface area contributed by atoms with Gasteiger partial charge in [0.05, 0.1) is 6.10 Å². The Morgan fingerprint density at radius 3 is 2.40 bits per heavy atom. The minimum absolute atomic E-state index is 0.116. The van der Waals surface area contributed by atoms with Crippen molar-refractivity contribution in [2.45, 2.75) is 52.1 Å². The molecule has 0 atom stereocenters. The van der Waals surface area contributed by atoms with Gasteiger partial charge in [0, 0.05) is 24.6 Å². The molecule has 0 amide bonds. The molecule has 1 aromatic rings. The second-order valence-corrected chi connectivity index (χ2v) is 7.00. The highest BCUT2D eigenvalue weighted by Crippen LogP contribution is 2.31. The van der Waals surface area contributed by atoms with Crippen LogP contribution in [-0.2, 0) is 5.41 Å². The van der Waals surface area contributed by atoms with Gasteiger partial charge in [0.25, 0.3) is 0 Å². The Hall–Kier alpha value is -1.36. The number of aliphatic hydroxyl groups excluding tert-OH is 1. The maximum absolute atomic E-state index is 9.39. The summed E-state index contributed by atoms with van der Waals surface area (Å²) < 4.78 is 0. The number of anilines is 2. The molecule has 0 aliphatic heterocycles. The van der Waals surface area contributed by atoms with E-state index in [0.29, 0.717) is 11.7 Å². The zero-order chi connectivity index (χ0) is 15.1. The van der Waals surface area contributed by atoms with Gasteiger partial charge in [-0.05, 0) is 25.7 Å². The second kappa shape index (κ2) is 5.20. The van der Waals surface area contributed by atoms with Gasteiger partial charge in [0.1, 0.15) is 17.5 Å². The van der Waals surface area contributed by atoms with E-state index in [9.17, 15) is 5.11 Å². The van der Waals surface area contributed by atoms with Crippen molar-refractivity contribution in [1.82, 2.24) is 9.97 Å². The smallest absolute Gasteiger partial charge is 0.138 e. The summed E-state index contributed by atoms with van der Waals surface area (Å²) in [6, 6.07) is 0. The predicted octanol–water partition coefficient (Wildman–Crippen LogP) is 1.87. The van der Waals surface area contributed by atoms with Crippen LogP contribution in [0.1, 0.15) is 45.0 Å². The summed E-state index contributed by atoms with van der Waals surface area (Å²) in [7, 11) is 2.03. The van der Waals surface area contributed by atoms with Crippen molar-refractivity contribution >= 4 is 11.6 Å². The number of rotatable bonds is 3. The molecule has 20 heavy (non-hydrogen) atoms. The van der Waals surface area contributed by atoms with Crippen LogP contribution in [0, 0.1) is 12.8 Å². The zero-order valence-electron chi connectivity index (χ0n) is 13.1. The van der Waals surface area contributed by atoms with E-state index in [4.69, 9.17) is 10.7 Å². The molecular formula is C15H26N4O. The van der Waals surface area contributed by atoms with Crippen molar-refractivity contribution in [3.05, 3.63) is 11.4 Å². The molecule has 1 heterocycles. The van der Waals surface area contributed by atoms with Crippen LogP contribution in [0.3, 0.4) is 0 Å². The SMILES string of the molecule is Cc1c(N)nc(C(C)(C)C)nc1N(C)CC1CC(O)C1. The quantitative estimate of drug-likeness (QED) is 0.883. The molecule has 112 valence electrons. The molecule has 1 aromatic heterocycles. The Kier molecular flexibility index (Phi) is 3.91. The summed E-state index contributed by atoms with van der Waals surface area (Å²) in [6.45, 7) is 9.12. The molecule has 2 rings (SSSR count). The minimum Gasteiger partial charge on any atom is -0.393 e. The summed E-state index contributed by atoms with van der Waals surface area (Å²) in [4.78, 5) is 11.3. The molecule has 0 radical (unpaired) electrons. The molecule has 0 spiro atoms. The van der Waals surface area contributed by atoms with E-state index >= 15 is 0 Å². The van der Waals surface area contributed by atoms with Crippen LogP contribution in [-0.4, -0.2) is 34.8 Å². The third-order valence-electron chi connectivity index (χ3n) is 3.93. The number of aromatic nitrogens is 2. The van der Waals surface area contributed by atoms with E-state index in [0.717, 1.165) is 36.6 Å². The van der Waals surface area contributed by atoms with E-state index in [1.165, 1.54) is 0 Å². The van der Waals surface area contributed by atoms with Gasteiger partial charge in [-0.3, -0.25) is 0 Å². The number of hydrogen-bond acceptors (Lipinski definition) is 5. The van der Waals surface area contributed by atoms with E-state index in [1.807, 2.05) is 14.0 Å². The van der Waals surface area contributed by atoms with Crippen LogP contribution in [0.5, 0.6) is 0 Å². The van der Waals surface area contributed by atoms with Crippen LogP contribution < -0.4 is 10.6 Å². The second-order valence-electron chi connectivity index (χ2n) is 7.00. The maximum atomic E-state index is 9.39. The summed E-state index contributed by atoms with van der Waals surface area (Å²) in [5.74, 6) is 2.78. The van der Waals surface area contributed by atoms with Gasteiger partial charge in [-0.1, -0.05) is 20.8 Å². The third kappa shape index (κ3) is 3.03. The maximum Gasteiger partial charge on any atom is 0.138 e. The largest absolute Gasteiger partial charge is 0.393 e. The monoisotopic (exact) mass is 278 g/mol. The lowest BCUT2D eigenvalue weighted by Crippen LogP contribution is -2.38. The average Bonchev–Trinajstić information content (AvgIpc) is 2.28. The van der Waals surface area contributed by atoms with Crippen LogP contribution in [0.2, 0.25) is 0 Å². The Morgan fingerprint density at radius 1 is 1.30 bits per heavy atom. The number of aliphatic hydroxyl groups is 1. The topological polar surface area (TPSA) is 75.3 Å². The first kappa shape index (κ1) is 15.0. The van der Waals surface area contributed by atoms with E-state index in [1.54, 1.807) is 0 Å². The molecule has 1 aliphatic carbocycles. The molecule has 0 bridgehead atoms. The van der Waals surface area contributed by atoms with Gasteiger partial charge in [-0.15, -0.1) is 0 Å². The van der Waals surface area contributed by atoms with E-state index < -0.39 is 0 Å². The number of nitrogen functional groups attached to an aromatic ring is 1. The molecular weight excluding hydrogens is 252 g/mol. The minimum atomic E-state index is -0.121. The highest BCUT2D eigenvalue weighted by Gasteiger charge is 2.29. The van der Waals surface area contributed by atoms with Crippen molar-refractivity contribution in [2.24, 2.45) is 5.92 Å². The average molecular weight is 278 g/mol. The fourth-order valence-electron chi connectivity index (χ4n) is 2.55. The molecule has 3 N–H and O–H groups in total. The standard InChI is InChI=1S/C15H26N4O/c1-9-12(16)17-14(15(2,3)4)18-13(9)19(5)8-10-6-11(20)7-10/h10-11,20H,6-8H2,1-5H3,(H2,16,17,18). The number of nitrogens with zero attached hydrogens (tertiary/aromatic N) is 3. The number of nitrogens with two attached hydrogens (primary N) is 1. The van der Waals surface area contributed by atoms with Gasteiger partial charge in [-0.2, -0.15) is 0 Å².